The van der Waals surface area contributed by atoms with E-state index in [9.17, 15) is 19.2 Å². The average Bonchev–Trinajstić information content (AvgIpc) is 2.95. The van der Waals surface area contributed by atoms with Gasteiger partial charge in [0.25, 0.3) is 0 Å². The van der Waals surface area contributed by atoms with E-state index >= 15 is 0 Å². The van der Waals surface area contributed by atoms with E-state index in [4.69, 9.17) is 18.9 Å². The highest BCUT2D eigenvalue weighted by atomic mass is 127. The lowest BCUT2D eigenvalue weighted by atomic mass is 9.58. The van der Waals surface area contributed by atoms with E-state index in [1.807, 2.05) is 0 Å². The monoisotopic (exact) mass is 826 g/mol. The van der Waals surface area contributed by atoms with E-state index in [1.54, 1.807) is 0 Å². The van der Waals surface area contributed by atoms with Gasteiger partial charge in [-0.25, -0.2) is 0 Å². The minimum Gasteiger partial charge on any atom is -1.00 e. The van der Waals surface area contributed by atoms with Crippen molar-refractivity contribution in [1.29, 1.82) is 0 Å². The maximum Gasteiger partial charge on any atom is 0.315 e. The fourth-order valence-electron chi connectivity index (χ4n) is 7.36. The van der Waals surface area contributed by atoms with Crippen molar-refractivity contribution in [2.24, 2.45) is 35.5 Å². The molecule has 0 saturated heterocycles. The van der Waals surface area contributed by atoms with E-state index in [2.05, 4.69) is 55.6 Å². The molecule has 0 heterocycles. The predicted octanol–water partition coefficient (Wildman–Crippen LogP) is -3.07. The van der Waals surface area contributed by atoms with Gasteiger partial charge >= 0.3 is 23.9 Å². The number of rotatable bonds is 12. The third kappa shape index (κ3) is 8.29. The van der Waals surface area contributed by atoms with Crippen LogP contribution in [-0.2, 0) is 38.1 Å². The SMILES string of the molecule is CC[C@H]1[C@H](C(=O)OC)[C@@H](C(=O)OC)[C@@H]1[N+](C)(CC)CC.CC[C@H]1[C@H](C(=O)OC)[C@@H](C(=O)OC)[C@@H]1[N+](C)(CC)CC.[I-].[I-]. The maximum atomic E-state index is 12.1. The Hall–Kier alpha value is -0.740. The zero-order valence-electron chi connectivity index (χ0n) is 27.8. The molecule has 0 aromatic carbocycles. The molecule has 2 saturated carbocycles. The summed E-state index contributed by atoms with van der Waals surface area (Å²) in [5, 5.41) is 0. The highest BCUT2D eigenvalue weighted by Gasteiger charge is 2.65. The molecule has 2 rings (SSSR count). The Bertz CT molecular complexity index is 811. The number of hydrogen-bond donors (Lipinski definition) is 0. The Kier molecular flexibility index (Phi) is 19.6. The summed E-state index contributed by atoms with van der Waals surface area (Å²) in [6.45, 7) is 16.3. The number of quaternary nitrogens is 2. The van der Waals surface area contributed by atoms with Crippen LogP contribution >= 0.6 is 0 Å². The number of halogens is 2. The van der Waals surface area contributed by atoms with Crippen molar-refractivity contribution >= 4 is 23.9 Å². The lowest BCUT2D eigenvalue weighted by Gasteiger charge is -2.56. The molecule has 0 unspecified atom stereocenters. The van der Waals surface area contributed by atoms with Gasteiger partial charge in [-0.15, -0.1) is 0 Å². The molecule has 2 aliphatic rings. The summed E-state index contributed by atoms with van der Waals surface area (Å²) in [5.41, 5.74) is 0. The lowest BCUT2D eigenvalue weighted by Crippen LogP contribution is -3.00. The summed E-state index contributed by atoms with van der Waals surface area (Å²) in [6, 6.07) is 0.262. The molecule has 42 heavy (non-hydrogen) atoms. The van der Waals surface area contributed by atoms with Crippen molar-refractivity contribution in [3.05, 3.63) is 0 Å². The minimum atomic E-state index is -0.387. The molecule has 0 aliphatic heterocycles. The van der Waals surface area contributed by atoms with Crippen LogP contribution in [0.2, 0.25) is 0 Å². The van der Waals surface area contributed by atoms with Gasteiger partial charge in [0.15, 0.2) is 0 Å². The summed E-state index contributed by atoms with van der Waals surface area (Å²) in [7, 11) is 9.83. The standard InChI is InChI=1S/2C15H28NO4.2HI/c2*1-7-10-11(14(17)19-5)12(15(18)20-6)13(10)16(4,8-2)9-3;;/h2*10-13H,7-9H2,1-6H3;2*1H/q2*+1;;/p-2/t2*10-,11-,12+,13+;;/m00../s1. The molecular formula is C30H56I2N2O8. The van der Waals surface area contributed by atoms with E-state index in [1.165, 1.54) is 28.4 Å². The highest BCUT2D eigenvalue weighted by molar-refractivity contribution is 5.86. The van der Waals surface area contributed by atoms with Gasteiger partial charge in [-0.3, -0.25) is 19.2 Å². The number of methoxy groups -OCH3 is 4. The first-order chi connectivity index (χ1) is 18.8. The summed E-state index contributed by atoms with van der Waals surface area (Å²) >= 11 is 0. The summed E-state index contributed by atoms with van der Waals surface area (Å²) in [4.78, 5) is 48.3. The van der Waals surface area contributed by atoms with Gasteiger partial charge in [0.05, 0.1) is 80.5 Å². The van der Waals surface area contributed by atoms with Crippen LogP contribution in [0.1, 0.15) is 54.4 Å². The largest absolute Gasteiger partial charge is 1.00 e. The van der Waals surface area contributed by atoms with Crippen LogP contribution in [0, 0.1) is 35.5 Å². The first-order valence-electron chi connectivity index (χ1n) is 14.8. The van der Waals surface area contributed by atoms with Gasteiger partial charge in [-0.2, -0.15) is 0 Å². The molecule has 8 atom stereocenters. The van der Waals surface area contributed by atoms with Crippen molar-refractivity contribution in [3.63, 3.8) is 0 Å². The van der Waals surface area contributed by atoms with E-state index in [0.717, 1.165) is 48.0 Å². The highest BCUT2D eigenvalue weighted by Crippen LogP contribution is 2.50. The third-order valence-corrected chi connectivity index (χ3v) is 10.5. The smallest absolute Gasteiger partial charge is 0.315 e. The molecule has 2 fully saturated rings. The Morgan fingerprint density at radius 1 is 0.476 bits per heavy atom. The van der Waals surface area contributed by atoms with Crippen molar-refractivity contribution in [1.82, 2.24) is 0 Å². The minimum absolute atomic E-state index is 0. The zero-order valence-corrected chi connectivity index (χ0v) is 32.1. The number of nitrogens with zero attached hydrogens (tertiary/aromatic N) is 2. The topological polar surface area (TPSA) is 105 Å². The second-order valence-electron chi connectivity index (χ2n) is 11.5. The second kappa shape index (κ2) is 18.9. The van der Waals surface area contributed by atoms with E-state index in [-0.39, 0.29) is 119 Å². The number of carbonyl (C=O) groups is 4. The lowest BCUT2D eigenvalue weighted by molar-refractivity contribution is -0.944. The quantitative estimate of drug-likeness (QED) is 0.0886. The molecule has 0 radical (unpaired) electrons. The van der Waals surface area contributed by atoms with Gasteiger partial charge in [-0.05, 0) is 40.5 Å². The molecule has 0 amide bonds. The normalized spacial score (nSPS) is 28.1. The van der Waals surface area contributed by atoms with Crippen molar-refractivity contribution in [2.45, 2.75) is 66.5 Å². The van der Waals surface area contributed by atoms with Crippen LogP contribution in [0.5, 0.6) is 0 Å². The molecule has 10 nitrogen and oxygen atoms in total. The number of ether oxygens (including phenoxy) is 4. The maximum absolute atomic E-state index is 12.1. The third-order valence-electron chi connectivity index (χ3n) is 10.5. The van der Waals surface area contributed by atoms with Gasteiger partial charge in [0, 0.05) is 11.8 Å². The van der Waals surface area contributed by atoms with Gasteiger partial charge in [0.2, 0.25) is 0 Å². The fourth-order valence-corrected chi connectivity index (χ4v) is 7.36. The van der Waals surface area contributed by atoms with Crippen LogP contribution in [0.4, 0.5) is 0 Å². The molecular weight excluding hydrogens is 770 g/mol. The van der Waals surface area contributed by atoms with Crippen LogP contribution in [-0.4, -0.2) is 114 Å². The van der Waals surface area contributed by atoms with Crippen molar-refractivity contribution < 1.29 is 95.0 Å². The molecule has 0 aromatic heterocycles. The van der Waals surface area contributed by atoms with Crippen LogP contribution in [0.3, 0.4) is 0 Å². The number of hydrogen-bond acceptors (Lipinski definition) is 8. The first kappa shape index (κ1) is 43.4. The first-order valence-corrected chi connectivity index (χ1v) is 14.8. The fraction of sp³-hybridized carbons (Fsp3) is 0.867. The molecule has 0 spiro atoms. The average molecular weight is 827 g/mol. The van der Waals surface area contributed by atoms with E-state index in [0.29, 0.717) is 0 Å². The second-order valence-corrected chi connectivity index (χ2v) is 11.5. The van der Waals surface area contributed by atoms with Crippen molar-refractivity contribution in [3.8, 4) is 0 Å². The number of carbonyl (C=O) groups excluding carboxylic acids is 4. The Labute approximate surface area is 288 Å². The van der Waals surface area contributed by atoms with Crippen LogP contribution in [0.25, 0.3) is 0 Å². The molecule has 0 N–H and O–H groups in total. The van der Waals surface area contributed by atoms with Gasteiger partial charge < -0.3 is 75.9 Å². The van der Waals surface area contributed by atoms with Crippen LogP contribution in [0.15, 0.2) is 0 Å². The summed E-state index contributed by atoms with van der Waals surface area (Å²) in [6.07, 6.45) is 1.73. The summed E-state index contributed by atoms with van der Waals surface area (Å²) in [5.74, 6) is -2.30. The molecule has 12 heteroatoms. The van der Waals surface area contributed by atoms with Crippen LogP contribution < -0.4 is 48.0 Å². The van der Waals surface area contributed by atoms with Crippen molar-refractivity contribution in [2.75, 3.05) is 68.7 Å². The molecule has 0 aromatic rings. The van der Waals surface area contributed by atoms with E-state index < -0.39 is 0 Å². The molecule has 2 aliphatic carbocycles. The zero-order chi connectivity index (χ0) is 31.0. The summed E-state index contributed by atoms with van der Waals surface area (Å²) < 4.78 is 21.2. The van der Waals surface area contributed by atoms with Gasteiger partial charge in [-0.1, -0.05) is 13.8 Å². The van der Waals surface area contributed by atoms with Gasteiger partial charge in [0.1, 0.15) is 23.9 Å². The molecule has 248 valence electrons. The Morgan fingerprint density at radius 3 is 0.857 bits per heavy atom. The predicted molar refractivity (Wildman–Crippen MR) is 152 cm³/mol. The Balaban J connectivity index is 0. The Morgan fingerprint density at radius 2 is 0.690 bits per heavy atom. The molecule has 0 bridgehead atoms. The number of esters is 4.